The molecule has 1 amide bonds. The van der Waals surface area contributed by atoms with Crippen LogP contribution in [-0.2, 0) is 19.6 Å². The standard InChI is InChI=1S/C14H15N3O2/c15-16-14(18)12-5-13(19-9-12)8-17-6-10-3-1-2-4-11(10)7-17/h1-5,9H,6-8,15H2,(H,16,18). The summed E-state index contributed by atoms with van der Waals surface area (Å²) in [5.41, 5.74) is 5.25. The summed E-state index contributed by atoms with van der Waals surface area (Å²) in [5.74, 6) is 5.52. The number of carbonyl (C=O) groups excluding carboxylic acids is 1. The number of hydrogen-bond donors (Lipinski definition) is 2. The Hall–Kier alpha value is -2.11. The fourth-order valence-corrected chi connectivity index (χ4v) is 2.40. The average molecular weight is 257 g/mol. The molecular formula is C14H15N3O2. The number of hydrogen-bond acceptors (Lipinski definition) is 4. The van der Waals surface area contributed by atoms with Crippen LogP contribution in [0.4, 0.5) is 0 Å². The summed E-state index contributed by atoms with van der Waals surface area (Å²) >= 11 is 0. The summed E-state index contributed by atoms with van der Waals surface area (Å²) in [6, 6.07) is 10.1. The van der Waals surface area contributed by atoms with Crippen molar-refractivity contribution in [3.63, 3.8) is 0 Å². The van der Waals surface area contributed by atoms with Crippen LogP contribution in [0, 0.1) is 0 Å². The van der Waals surface area contributed by atoms with Gasteiger partial charge in [0.25, 0.3) is 5.91 Å². The summed E-state index contributed by atoms with van der Waals surface area (Å²) in [6.45, 7) is 2.51. The lowest BCUT2D eigenvalue weighted by atomic mass is 10.1. The number of benzene rings is 1. The summed E-state index contributed by atoms with van der Waals surface area (Å²) in [7, 11) is 0. The van der Waals surface area contributed by atoms with Crippen molar-refractivity contribution in [2.24, 2.45) is 5.84 Å². The summed E-state index contributed by atoms with van der Waals surface area (Å²) < 4.78 is 5.39. The molecule has 5 nitrogen and oxygen atoms in total. The largest absolute Gasteiger partial charge is 0.467 e. The topological polar surface area (TPSA) is 71.5 Å². The van der Waals surface area contributed by atoms with Crippen LogP contribution < -0.4 is 11.3 Å². The van der Waals surface area contributed by atoms with Gasteiger partial charge in [0, 0.05) is 13.1 Å². The smallest absolute Gasteiger partial charge is 0.268 e. The summed E-state index contributed by atoms with van der Waals surface area (Å²) in [6.07, 6.45) is 1.43. The zero-order valence-electron chi connectivity index (χ0n) is 10.4. The van der Waals surface area contributed by atoms with E-state index >= 15 is 0 Å². The normalized spacial score (nSPS) is 14.4. The molecule has 3 N–H and O–H groups in total. The van der Waals surface area contributed by atoms with Crippen molar-refractivity contribution in [3.05, 3.63) is 59.0 Å². The van der Waals surface area contributed by atoms with Gasteiger partial charge in [-0.15, -0.1) is 0 Å². The fraction of sp³-hybridized carbons (Fsp3) is 0.214. The van der Waals surface area contributed by atoms with Crippen molar-refractivity contribution in [3.8, 4) is 0 Å². The van der Waals surface area contributed by atoms with Crippen molar-refractivity contribution in [1.29, 1.82) is 0 Å². The third-order valence-corrected chi connectivity index (χ3v) is 3.33. The van der Waals surface area contributed by atoms with Crippen LogP contribution >= 0.6 is 0 Å². The molecule has 0 atom stereocenters. The van der Waals surface area contributed by atoms with Crippen LogP contribution in [0.3, 0.4) is 0 Å². The maximum absolute atomic E-state index is 11.3. The first-order valence-electron chi connectivity index (χ1n) is 6.14. The van der Waals surface area contributed by atoms with Gasteiger partial charge in [0.05, 0.1) is 12.1 Å². The minimum Gasteiger partial charge on any atom is -0.467 e. The Morgan fingerprint density at radius 2 is 2.00 bits per heavy atom. The molecule has 0 saturated heterocycles. The highest BCUT2D eigenvalue weighted by atomic mass is 16.3. The molecule has 98 valence electrons. The summed E-state index contributed by atoms with van der Waals surface area (Å²) in [4.78, 5) is 13.6. The quantitative estimate of drug-likeness (QED) is 0.495. The lowest BCUT2D eigenvalue weighted by Crippen LogP contribution is -2.29. The van der Waals surface area contributed by atoms with Gasteiger partial charge < -0.3 is 4.42 Å². The van der Waals surface area contributed by atoms with Gasteiger partial charge in [-0.05, 0) is 17.2 Å². The lowest BCUT2D eigenvalue weighted by Gasteiger charge is -2.12. The monoisotopic (exact) mass is 257 g/mol. The third kappa shape index (κ3) is 2.38. The first kappa shape index (κ1) is 12.0. The Labute approximate surface area is 111 Å². The van der Waals surface area contributed by atoms with E-state index in [4.69, 9.17) is 10.3 Å². The Balaban J connectivity index is 1.68. The Morgan fingerprint density at radius 1 is 1.32 bits per heavy atom. The van der Waals surface area contributed by atoms with Crippen LogP contribution in [0.5, 0.6) is 0 Å². The Bertz CT molecular complexity index is 581. The molecule has 0 bridgehead atoms. The highest BCUT2D eigenvalue weighted by molar-refractivity contribution is 5.93. The zero-order valence-corrected chi connectivity index (χ0v) is 10.4. The molecule has 0 unspecified atom stereocenters. The van der Waals surface area contributed by atoms with Gasteiger partial charge in [0.15, 0.2) is 0 Å². The molecule has 5 heteroatoms. The predicted octanol–water partition coefficient (Wildman–Crippen LogP) is 1.40. The van der Waals surface area contributed by atoms with Gasteiger partial charge in [-0.1, -0.05) is 24.3 Å². The molecule has 0 radical (unpaired) electrons. The number of carbonyl (C=O) groups is 1. The molecule has 0 aliphatic carbocycles. The zero-order chi connectivity index (χ0) is 13.2. The van der Waals surface area contributed by atoms with Crippen LogP contribution in [-0.4, -0.2) is 10.8 Å². The molecule has 19 heavy (non-hydrogen) atoms. The van der Waals surface area contributed by atoms with E-state index in [1.54, 1.807) is 6.07 Å². The maximum atomic E-state index is 11.3. The van der Waals surface area contributed by atoms with E-state index < -0.39 is 0 Å². The number of furan rings is 1. The Kier molecular flexibility index (Phi) is 3.06. The van der Waals surface area contributed by atoms with Crippen molar-refractivity contribution in [2.45, 2.75) is 19.6 Å². The van der Waals surface area contributed by atoms with Crippen LogP contribution in [0.25, 0.3) is 0 Å². The van der Waals surface area contributed by atoms with E-state index in [9.17, 15) is 4.79 Å². The summed E-state index contributed by atoms with van der Waals surface area (Å²) in [5, 5.41) is 0. The first-order valence-corrected chi connectivity index (χ1v) is 6.14. The average Bonchev–Trinajstić information content (AvgIpc) is 3.04. The highest BCUT2D eigenvalue weighted by Crippen LogP contribution is 2.24. The second-order valence-electron chi connectivity index (χ2n) is 4.69. The van der Waals surface area contributed by atoms with Crippen molar-refractivity contribution in [1.82, 2.24) is 10.3 Å². The minimum atomic E-state index is -0.334. The Morgan fingerprint density at radius 3 is 2.63 bits per heavy atom. The molecule has 0 spiro atoms. The van der Waals surface area contributed by atoms with E-state index in [-0.39, 0.29) is 5.91 Å². The molecule has 2 heterocycles. The van der Waals surface area contributed by atoms with E-state index in [1.165, 1.54) is 17.4 Å². The van der Waals surface area contributed by atoms with Gasteiger partial charge in [-0.2, -0.15) is 0 Å². The van der Waals surface area contributed by atoms with E-state index in [0.717, 1.165) is 18.8 Å². The molecular weight excluding hydrogens is 242 g/mol. The van der Waals surface area contributed by atoms with Crippen molar-refractivity contribution >= 4 is 5.91 Å². The van der Waals surface area contributed by atoms with Crippen molar-refractivity contribution < 1.29 is 9.21 Å². The number of rotatable bonds is 3. The first-order chi connectivity index (χ1) is 9.26. The number of nitrogen functional groups attached to an aromatic ring is 1. The maximum Gasteiger partial charge on any atom is 0.268 e. The number of amides is 1. The lowest BCUT2D eigenvalue weighted by molar-refractivity contribution is 0.0953. The predicted molar refractivity (Wildman–Crippen MR) is 69.8 cm³/mol. The van der Waals surface area contributed by atoms with Gasteiger partial charge >= 0.3 is 0 Å². The van der Waals surface area contributed by atoms with Crippen LogP contribution in [0.15, 0.2) is 41.0 Å². The molecule has 0 fully saturated rings. The SMILES string of the molecule is NNC(=O)c1coc(CN2Cc3ccccc3C2)c1. The second kappa shape index (κ2) is 4.87. The van der Waals surface area contributed by atoms with Crippen LogP contribution in [0.2, 0.25) is 0 Å². The minimum absolute atomic E-state index is 0.334. The van der Waals surface area contributed by atoms with Crippen LogP contribution in [0.1, 0.15) is 27.2 Å². The second-order valence-corrected chi connectivity index (χ2v) is 4.69. The molecule has 1 aliphatic heterocycles. The molecule has 1 aromatic carbocycles. The van der Waals surface area contributed by atoms with Gasteiger partial charge in [0.1, 0.15) is 12.0 Å². The number of nitrogens with one attached hydrogen (secondary N) is 1. The van der Waals surface area contributed by atoms with Gasteiger partial charge in [0.2, 0.25) is 0 Å². The van der Waals surface area contributed by atoms with Gasteiger partial charge in [-0.25, -0.2) is 5.84 Å². The van der Waals surface area contributed by atoms with E-state index in [2.05, 4.69) is 34.6 Å². The molecule has 0 saturated carbocycles. The number of fused-ring (bicyclic) bond motifs is 1. The fourth-order valence-electron chi connectivity index (χ4n) is 2.40. The van der Waals surface area contributed by atoms with E-state index in [0.29, 0.717) is 12.1 Å². The van der Waals surface area contributed by atoms with Gasteiger partial charge in [-0.3, -0.25) is 15.1 Å². The number of nitrogens with two attached hydrogens (primary N) is 1. The molecule has 3 rings (SSSR count). The van der Waals surface area contributed by atoms with E-state index in [1.807, 2.05) is 0 Å². The molecule has 1 aliphatic rings. The number of hydrazine groups is 1. The number of nitrogens with zero attached hydrogens (tertiary/aromatic N) is 1. The molecule has 2 aromatic rings. The van der Waals surface area contributed by atoms with Crippen molar-refractivity contribution in [2.75, 3.05) is 0 Å². The molecule has 1 aromatic heterocycles. The highest BCUT2D eigenvalue weighted by Gasteiger charge is 2.19. The third-order valence-electron chi connectivity index (χ3n) is 3.33.